The summed E-state index contributed by atoms with van der Waals surface area (Å²) >= 11 is 1.79. The lowest BCUT2D eigenvalue weighted by Gasteiger charge is -2.06. The van der Waals surface area contributed by atoms with Crippen LogP contribution in [0.2, 0.25) is 0 Å². The zero-order valence-corrected chi connectivity index (χ0v) is 14.6. The predicted octanol–water partition coefficient (Wildman–Crippen LogP) is 6.14. The third-order valence-electron chi connectivity index (χ3n) is 3.33. The number of allylic oxidation sites excluding steroid dienone is 4. The summed E-state index contributed by atoms with van der Waals surface area (Å²) < 4.78 is 0. The average Bonchev–Trinajstić information content (AvgIpc) is 2.50. The number of nitrogens with zero attached hydrogens (tertiary/aromatic N) is 1. The fraction of sp³-hybridized carbons (Fsp3) is 0.316. The van der Waals surface area contributed by atoms with Crippen LogP contribution in [0.1, 0.15) is 40.2 Å². The first-order valence-electron chi connectivity index (χ1n) is 7.16. The third kappa shape index (κ3) is 6.17. The molecule has 1 rings (SSSR count). The summed E-state index contributed by atoms with van der Waals surface area (Å²) in [4.78, 5) is 5.59. The molecular weight excluding hydrogens is 274 g/mol. The van der Waals surface area contributed by atoms with Gasteiger partial charge in [0.2, 0.25) is 0 Å². The lowest BCUT2D eigenvalue weighted by atomic mass is 10.0. The third-order valence-corrected chi connectivity index (χ3v) is 4.45. The highest BCUT2D eigenvalue weighted by atomic mass is 32.2. The molecule has 0 heterocycles. The van der Waals surface area contributed by atoms with Gasteiger partial charge in [-0.25, -0.2) is 0 Å². The second-order valence-corrected chi connectivity index (χ2v) is 6.33. The van der Waals surface area contributed by atoms with Crippen molar-refractivity contribution in [2.75, 3.05) is 5.75 Å². The van der Waals surface area contributed by atoms with Gasteiger partial charge in [-0.1, -0.05) is 30.4 Å². The van der Waals surface area contributed by atoms with E-state index in [2.05, 4.69) is 56.6 Å². The molecule has 1 aromatic carbocycles. The minimum Gasteiger partial charge on any atom is -0.262 e. The number of hydrogen-bond donors (Lipinski definition) is 0. The van der Waals surface area contributed by atoms with Gasteiger partial charge in [-0.2, -0.15) is 0 Å². The first-order valence-corrected chi connectivity index (χ1v) is 8.14. The van der Waals surface area contributed by atoms with E-state index in [0.717, 1.165) is 17.0 Å². The van der Waals surface area contributed by atoms with Crippen LogP contribution in [0.3, 0.4) is 0 Å². The average molecular weight is 299 g/mol. The molecule has 1 nitrogen and oxygen atoms in total. The van der Waals surface area contributed by atoms with Crippen LogP contribution in [0.15, 0.2) is 63.7 Å². The van der Waals surface area contributed by atoms with Crippen molar-refractivity contribution in [1.29, 1.82) is 0 Å². The normalized spacial score (nSPS) is 11.8. The van der Waals surface area contributed by atoms with E-state index in [0.29, 0.717) is 0 Å². The van der Waals surface area contributed by atoms with Gasteiger partial charge >= 0.3 is 0 Å². The van der Waals surface area contributed by atoms with Crippen molar-refractivity contribution in [2.24, 2.45) is 4.99 Å². The largest absolute Gasteiger partial charge is 0.262 e. The van der Waals surface area contributed by atoms with Gasteiger partial charge in [0.05, 0.1) is 0 Å². The molecule has 0 bridgehead atoms. The van der Waals surface area contributed by atoms with Crippen molar-refractivity contribution < 1.29 is 0 Å². The van der Waals surface area contributed by atoms with Gasteiger partial charge < -0.3 is 0 Å². The summed E-state index contributed by atoms with van der Waals surface area (Å²) in [5, 5.41) is 0. The minimum absolute atomic E-state index is 0.863. The molecule has 0 radical (unpaired) electrons. The van der Waals surface area contributed by atoms with E-state index in [1.54, 1.807) is 11.8 Å². The molecule has 0 unspecified atom stereocenters. The summed E-state index contributed by atoms with van der Waals surface area (Å²) in [7, 11) is 0. The van der Waals surface area contributed by atoms with E-state index in [9.17, 15) is 0 Å². The van der Waals surface area contributed by atoms with Crippen LogP contribution >= 0.6 is 11.8 Å². The highest BCUT2D eigenvalue weighted by Crippen LogP contribution is 2.24. The van der Waals surface area contributed by atoms with Gasteiger partial charge in [-0.15, -0.1) is 11.8 Å². The maximum absolute atomic E-state index is 4.33. The molecule has 0 amide bonds. The number of thioether (sulfide) groups is 1. The Morgan fingerprint density at radius 3 is 2.29 bits per heavy atom. The van der Waals surface area contributed by atoms with Crippen molar-refractivity contribution in [3.63, 3.8) is 0 Å². The summed E-state index contributed by atoms with van der Waals surface area (Å²) in [5.41, 5.74) is 6.06. The van der Waals surface area contributed by atoms with Crippen LogP contribution in [0, 0.1) is 0 Å². The van der Waals surface area contributed by atoms with Gasteiger partial charge in [-0.05, 0) is 63.5 Å². The summed E-state index contributed by atoms with van der Waals surface area (Å²) in [6.07, 6.45) is 3.84. The van der Waals surface area contributed by atoms with Gasteiger partial charge in [-0.3, -0.25) is 4.99 Å². The Balaban J connectivity index is 2.60. The van der Waals surface area contributed by atoms with Crippen LogP contribution in [0.25, 0.3) is 5.57 Å². The summed E-state index contributed by atoms with van der Waals surface area (Å²) in [6, 6.07) is 8.72. The highest BCUT2D eigenvalue weighted by molar-refractivity contribution is 7.99. The molecule has 1 aromatic rings. The fourth-order valence-corrected chi connectivity index (χ4v) is 2.33. The van der Waals surface area contributed by atoms with Gasteiger partial charge in [0.1, 0.15) is 0 Å². The maximum Gasteiger partial charge on any atom is 0.0330 e. The Morgan fingerprint density at radius 2 is 1.76 bits per heavy atom. The van der Waals surface area contributed by atoms with E-state index < -0.39 is 0 Å². The lowest BCUT2D eigenvalue weighted by Crippen LogP contribution is -1.88. The monoisotopic (exact) mass is 299 g/mol. The highest BCUT2D eigenvalue weighted by Gasteiger charge is 2.00. The van der Waals surface area contributed by atoms with E-state index in [1.807, 2.05) is 26.1 Å². The zero-order valence-electron chi connectivity index (χ0n) is 13.7. The Labute approximate surface area is 133 Å². The number of hydrogen-bond acceptors (Lipinski definition) is 2. The molecule has 0 saturated heterocycles. The van der Waals surface area contributed by atoms with E-state index >= 15 is 0 Å². The molecule has 0 fully saturated rings. The summed E-state index contributed by atoms with van der Waals surface area (Å²) in [5.74, 6) is 0.863. The smallest absolute Gasteiger partial charge is 0.0330 e. The first-order chi connectivity index (χ1) is 9.93. The van der Waals surface area contributed by atoms with E-state index in [4.69, 9.17) is 0 Å². The van der Waals surface area contributed by atoms with Crippen molar-refractivity contribution in [2.45, 2.75) is 39.5 Å². The Bertz CT molecular complexity index is 570. The van der Waals surface area contributed by atoms with E-state index in [1.165, 1.54) is 21.6 Å². The minimum atomic E-state index is 0.863. The van der Waals surface area contributed by atoms with Gasteiger partial charge in [0.25, 0.3) is 0 Å². The first kappa shape index (κ1) is 17.5. The molecule has 0 aliphatic rings. The van der Waals surface area contributed by atoms with Crippen molar-refractivity contribution in [3.8, 4) is 0 Å². The molecular formula is C19H25NS. The second-order valence-electron chi connectivity index (χ2n) is 5.28. The number of aliphatic imine (C=N–C) groups is 1. The molecule has 0 N–H and O–H groups in total. The molecule has 2 heteroatoms. The second kappa shape index (κ2) is 8.68. The Kier molecular flexibility index (Phi) is 7.24. The standard InChI is InChI=1S/C19H25NS/c1-7-16(5)20-12-15(4)13-21-19-10-8-18(9-11-19)17(6)14(2)3/h7-12H,4,13H2,1-3,5-6H3/b16-7-,20-12-. The van der Waals surface area contributed by atoms with Crippen LogP contribution < -0.4 is 0 Å². The van der Waals surface area contributed by atoms with Crippen molar-refractivity contribution in [3.05, 3.63) is 59.3 Å². The fourth-order valence-electron chi connectivity index (χ4n) is 1.57. The molecule has 0 atom stereocenters. The molecule has 21 heavy (non-hydrogen) atoms. The topological polar surface area (TPSA) is 12.4 Å². The van der Waals surface area contributed by atoms with Crippen molar-refractivity contribution >= 4 is 23.5 Å². The van der Waals surface area contributed by atoms with Crippen LogP contribution in [0.5, 0.6) is 0 Å². The van der Waals surface area contributed by atoms with Gasteiger partial charge in [0, 0.05) is 22.6 Å². The molecule has 0 aliphatic carbocycles. The number of rotatable bonds is 6. The predicted molar refractivity (Wildman–Crippen MR) is 98.2 cm³/mol. The number of benzene rings is 1. The van der Waals surface area contributed by atoms with Crippen molar-refractivity contribution in [1.82, 2.24) is 0 Å². The Hall–Kier alpha value is -1.54. The van der Waals surface area contributed by atoms with Crippen LogP contribution in [0.4, 0.5) is 0 Å². The van der Waals surface area contributed by atoms with Crippen LogP contribution in [-0.4, -0.2) is 12.0 Å². The molecule has 112 valence electrons. The van der Waals surface area contributed by atoms with Gasteiger partial charge in [0.15, 0.2) is 0 Å². The molecule has 0 saturated carbocycles. The lowest BCUT2D eigenvalue weighted by molar-refractivity contribution is 1.29. The quantitative estimate of drug-likeness (QED) is 0.454. The summed E-state index contributed by atoms with van der Waals surface area (Å²) in [6.45, 7) is 14.5. The van der Waals surface area contributed by atoms with E-state index in [-0.39, 0.29) is 0 Å². The maximum atomic E-state index is 4.33. The molecule has 0 aromatic heterocycles. The molecule has 0 aliphatic heterocycles. The SMILES string of the molecule is C=C(/C=N\C(C)=C/C)CSc1ccc(C(C)=C(C)C)cc1. The zero-order chi connectivity index (χ0) is 15.8. The Morgan fingerprint density at radius 1 is 1.14 bits per heavy atom. The molecule has 0 spiro atoms. The van der Waals surface area contributed by atoms with Crippen LogP contribution in [-0.2, 0) is 0 Å².